The lowest BCUT2D eigenvalue weighted by atomic mass is 9.93. The molecule has 0 radical (unpaired) electrons. The van der Waals surface area contributed by atoms with Crippen molar-refractivity contribution in [2.24, 2.45) is 17.0 Å². The number of aryl methyl sites for hydroxylation is 1. The lowest BCUT2D eigenvalue weighted by Gasteiger charge is -2.21. The van der Waals surface area contributed by atoms with Gasteiger partial charge in [0.15, 0.2) is 0 Å². The van der Waals surface area contributed by atoms with Crippen LogP contribution in [-0.4, -0.2) is 22.4 Å². The number of anilines is 2. The van der Waals surface area contributed by atoms with E-state index in [1.165, 1.54) is 0 Å². The number of nitrogens with one attached hydrogen (secondary N) is 2. The first kappa shape index (κ1) is 13.2. The van der Waals surface area contributed by atoms with Crippen molar-refractivity contribution in [3.63, 3.8) is 0 Å². The first-order valence-corrected chi connectivity index (χ1v) is 5.21. The van der Waals surface area contributed by atoms with E-state index >= 15 is 0 Å². The number of aromatic nitrogens is 2. The summed E-state index contributed by atoms with van der Waals surface area (Å²) >= 11 is 0. The molecule has 0 aliphatic carbocycles. The summed E-state index contributed by atoms with van der Waals surface area (Å²) in [5.41, 5.74) is 7.08. The fraction of sp³-hybridized carbons (Fsp3) is 0.500. The molecule has 0 aliphatic heterocycles. The van der Waals surface area contributed by atoms with Crippen molar-refractivity contribution in [3.8, 4) is 0 Å². The fourth-order valence-electron chi connectivity index (χ4n) is 1.13. The third kappa shape index (κ3) is 3.56. The normalized spacial score (nSPS) is 11.1. The van der Waals surface area contributed by atoms with Crippen molar-refractivity contribution in [2.75, 3.05) is 17.3 Å². The van der Waals surface area contributed by atoms with Crippen LogP contribution in [0, 0.1) is 12.3 Å². The van der Waals surface area contributed by atoms with Crippen molar-refractivity contribution in [1.29, 1.82) is 0 Å². The maximum Gasteiger partial charge on any atom is 0.224 e. The van der Waals surface area contributed by atoms with E-state index in [1.54, 1.807) is 26.8 Å². The van der Waals surface area contributed by atoms with Gasteiger partial charge < -0.3 is 16.5 Å². The van der Waals surface area contributed by atoms with Gasteiger partial charge in [-0.2, -0.15) is 0 Å². The van der Waals surface area contributed by atoms with Crippen LogP contribution in [0.2, 0.25) is 0 Å². The highest BCUT2D eigenvalue weighted by Gasteiger charge is 2.24. The lowest BCUT2D eigenvalue weighted by Crippen LogP contribution is -2.37. The van der Waals surface area contributed by atoms with Gasteiger partial charge in [0.05, 0.1) is 5.41 Å². The zero-order chi connectivity index (χ0) is 13.1. The molecule has 6 N–H and O–H groups in total. The molecule has 94 valence electrons. The van der Waals surface area contributed by atoms with E-state index in [2.05, 4.69) is 20.7 Å². The molecule has 0 saturated carbocycles. The number of amides is 1. The maximum atomic E-state index is 11.1. The Hall–Kier alpha value is -1.89. The van der Waals surface area contributed by atoms with E-state index in [4.69, 9.17) is 11.6 Å². The van der Waals surface area contributed by atoms with Gasteiger partial charge in [0.25, 0.3) is 0 Å². The van der Waals surface area contributed by atoms with Gasteiger partial charge in [0.2, 0.25) is 5.91 Å². The van der Waals surface area contributed by atoms with Crippen molar-refractivity contribution >= 4 is 17.5 Å². The smallest absolute Gasteiger partial charge is 0.224 e. The van der Waals surface area contributed by atoms with Crippen LogP contribution in [0.1, 0.15) is 19.7 Å². The second kappa shape index (κ2) is 4.96. The summed E-state index contributed by atoms with van der Waals surface area (Å²) in [4.78, 5) is 19.4. The molecule has 1 aromatic heterocycles. The Balaban J connectivity index is 2.76. The third-order valence-corrected chi connectivity index (χ3v) is 2.36. The number of rotatable bonds is 5. The number of hydrogen-bond acceptors (Lipinski definition) is 6. The molecule has 0 saturated heterocycles. The molecular formula is C10H18N6O. The van der Waals surface area contributed by atoms with Crippen LogP contribution in [0.25, 0.3) is 0 Å². The maximum absolute atomic E-state index is 11.1. The molecule has 0 unspecified atom stereocenters. The Morgan fingerprint density at radius 1 is 1.41 bits per heavy atom. The van der Waals surface area contributed by atoms with Crippen molar-refractivity contribution < 1.29 is 4.79 Å². The van der Waals surface area contributed by atoms with E-state index in [9.17, 15) is 4.79 Å². The summed E-state index contributed by atoms with van der Waals surface area (Å²) in [5, 5.41) is 3.03. The lowest BCUT2D eigenvalue weighted by molar-refractivity contribution is -0.125. The Bertz CT molecular complexity index is 417. The van der Waals surface area contributed by atoms with Gasteiger partial charge in [0.1, 0.15) is 17.5 Å². The highest BCUT2D eigenvalue weighted by molar-refractivity contribution is 5.80. The molecule has 0 fully saturated rings. The molecule has 0 spiro atoms. The molecule has 0 aliphatic rings. The second-order valence-electron chi connectivity index (χ2n) is 4.43. The average Bonchev–Trinajstić information content (AvgIpc) is 2.25. The summed E-state index contributed by atoms with van der Waals surface area (Å²) in [7, 11) is 0. The van der Waals surface area contributed by atoms with Crippen LogP contribution in [0.15, 0.2) is 6.07 Å². The second-order valence-corrected chi connectivity index (χ2v) is 4.43. The largest absolute Gasteiger partial charge is 0.369 e. The number of nitrogens with two attached hydrogens (primary N) is 2. The standard InChI is InChI=1S/C10H18N6O/c1-6-14-7(4-8(15-6)16-12)13-5-10(2,3)9(11)17/h4H,5,12H2,1-3H3,(H2,11,17)(H2,13,14,15,16). The van der Waals surface area contributed by atoms with Gasteiger partial charge in [-0.05, 0) is 20.8 Å². The van der Waals surface area contributed by atoms with Crippen LogP contribution >= 0.6 is 0 Å². The van der Waals surface area contributed by atoms with Crippen LogP contribution in [0.4, 0.5) is 11.6 Å². The van der Waals surface area contributed by atoms with Crippen molar-refractivity contribution in [1.82, 2.24) is 9.97 Å². The van der Waals surface area contributed by atoms with E-state index in [-0.39, 0.29) is 5.91 Å². The number of primary amides is 1. The number of hydrazine groups is 1. The Kier molecular flexibility index (Phi) is 3.84. The number of nitrogens with zero attached hydrogens (tertiary/aromatic N) is 2. The molecule has 7 nitrogen and oxygen atoms in total. The van der Waals surface area contributed by atoms with Gasteiger partial charge in [-0.3, -0.25) is 4.79 Å². The molecule has 1 heterocycles. The predicted octanol–water partition coefficient (Wildman–Crippen LogP) is -0.00598. The summed E-state index contributed by atoms with van der Waals surface area (Å²) in [6, 6.07) is 1.66. The molecule has 0 aromatic carbocycles. The average molecular weight is 238 g/mol. The van der Waals surface area contributed by atoms with E-state index < -0.39 is 5.41 Å². The van der Waals surface area contributed by atoms with Crippen LogP contribution < -0.4 is 22.3 Å². The first-order valence-electron chi connectivity index (χ1n) is 5.21. The molecule has 0 atom stereocenters. The van der Waals surface area contributed by atoms with E-state index in [1.807, 2.05) is 0 Å². The monoisotopic (exact) mass is 238 g/mol. The zero-order valence-electron chi connectivity index (χ0n) is 10.2. The van der Waals surface area contributed by atoms with Gasteiger partial charge in [-0.15, -0.1) is 0 Å². The Labute approximate surface area is 100.0 Å². The highest BCUT2D eigenvalue weighted by Crippen LogP contribution is 2.16. The molecule has 7 heteroatoms. The number of nitrogen functional groups attached to an aromatic ring is 1. The minimum absolute atomic E-state index is 0.368. The molecule has 1 aromatic rings. The van der Waals surface area contributed by atoms with Crippen LogP contribution in [-0.2, 0) is 4.79 Å². The molecule has 1 rings (SSSR count). The summed E-state index contributed by atoms with van der Waals surface area (Å²) in [6.45, 7) is 5.67. The zero-order valence-corrected chi connectivity index (χ0v) is 10.2. The van der Waals surface area contributed by atoms with E-state index in [0.717, 1.165) is 0 Å². The quantitative estimate of drug-likeness (QED) is 0.423. The van der Waals surface area contributed by atoms with Gasteiger partial charge in [0, 0.05) is 12.6 Å². The first-order chi connectivity index (χ1) is 7.85. The number of carbonyl (C=O) groups is 1. The minimum Gasteiger partial charge on any atom is -0.369 e. The SMILES string of the molecule is Cc1nc(NN)cc(NCC(C)(C)C(N)=O)n1. The van der Waals surface area contributed by atoms with E-state index in [0.29, 0.717) is 24.0 Å². The van der Waals surface area contributed by atoms with Crippen molar-refractivity contribution in [3.05, 3.63) is 11.9 Å². The Morgan fingerprint density at radius 3 is 2.53 bits per heavy atom. The summed E-state index contributed by atoms with van der Waals surface area (Å²) < 4.78 is 0. The van der Waals surface area contributed by atoms with Crippen LogP contribution in [0.5, 0.6) is 0 Å². The van der Waals surface area contributed by atoms with Crippen LogP contribution in [0.3, 0.4) is 0 Å². The fourth-order valence-corrected chi connectivity index (χ4v) is 1.13. The van der Waals surface area contributed by atoms with Gasteiger partial charge in [-0.25, -0.2) is 15.8 Å². The third-order valence-electron chi connectivity index (χ3n) is 2.36. The molecule has 1 amide bonds. The van der Waals surface area contributed by atoms with Gasteiger partial charge in [-0.1, -0.05) is 0 Å². The molecule has 17 heavy (non-hydrogen) atoms. The van der Waals surface area contributed by atoms with Gasteiger partial charge >= 0.3 is 0 Å². The topological polar surface area (TPSA) is 119 Å². The Morgan fingerprint density at radius 2 is 2.00 bits per heavy atom. The number of hydrogen-bond donors (Lipinski definition) is 4. The minimum atomic E-state index is -0.644. The highest BCUT2D eigenvalue weighted by atomic mass is 16.1. The number of carbonyl (C=O) groups excluding carboxylic acids is 1. The molecule has 0 bridgehead atoms. The van der Waals surface area contributed by atoms with Crippen molar-refractivity contribution in [2.45, 2.75) is 20.8 Å². The molecular weight excluding hydrogens is 220 g/mol. The summed E-state index contributed by atoms with van der Waals surface area (Å²) in [6.07, 6.45) is 0. The summed E-state index contributed by atoms with van der Waals surface area (Å²) in [5.74, 6) is 6.60. The predicted molar refractivity (Wildman–Crippen MR) is 66.0 cm³/mol.